The van der Waals surface area contributed by atoms with Crippen LogP contribution in [0.15, 0.2) is 48.5 Å². The molecule has 0 radical (unpaired) electrons. The van der Waals surface area contributed by atoms with Crippen LogP contribution in [0, 0.1) is 0 Å². The number of carbonyl (C=O) groups excluding carboxylic acids is 2. The first-order chi connectivity index (χ1) is 16.3. The van der Waals surface area contributed by atoms with Crippen LogP contribution >= 0.6 is 0 Å². The molecular formula is C26H28N4O4. The summed E-state index contributed by atoms with van der Waals surface area (Å²) in [5.41, 5.74) is 2.66. The predicted octanol–water partition coefficient (Wildman–Crippen LogP) is 4.23. The quantitative estimate of drug-likeness (QED) is 0.589. The Morgan fingerprint density at radius 2 is 1.97 bits per heavy atom. The molecule has 8 nitrogen and oxygen atoms in total. The van der Waals surface area contributed by atoms with Crippen LogP contribution in [0.4, 0.5) is 4.79 Å². The molecule has 0 atom stereocenters. The van der Waals surface area contributed by atoms with Gasteiger partial charge >= 0.3 is 6.09 Å². The number of fused-ring (bicyclic) bond motifs is 2. The number of nitrogens with zero attached hydrogens (tertiary/aromatic N) is 3. The monoisotopic (exact) mass is 460 g/mol. The number of pyridine rings is 1. The summed E-state index contributed by atoms with van der Waals surface area (Å²) in [4.78, 5) is 36.8. The number of piperazine rings is 1. The summed E-state index contributed by atoms with van der Waals surface area (Å²) in [6.45, 7) is 8.91. The molecule has 1 N–H and O–H groups in total. The third-order valence-corrected chi connectivity index (χ3v) is 5.96. The average molecular weight is 461 g/mol. The molecular weight excluding hydrogens is 432 g/mol. The molecule has 3 aromatic rings. The number of amides is 1. The van der Waals surface area contributed by atoms with Gasteiger partial charge in [-0.3, -0.25) is 9.69 Å². The maximum Gasteiger partial charge on any atom is 0.410 e. The van der Waals surface area contributed by atoms with Crippen molar-refractivity contribution in [2.45, 2.75) is 32.9 Å². The molecule has 8 heteroatoms. The zero-order valence-corrected chi connectivity index (χ0v) is 19.6. The number of allylic oxidation sites excluding steroid dienone is 1. The number of H-pyrrole nitrogens is 1. The van der Waals surface area contributed by atoms with E-state index in [4.69, 9.17) is 9.47 Å². The number of carbonyl (C=O) groups is 2. The Bertz CT molecular complexity index is 1280. The van der Waals surface area contributed by atoms with Gasteiger partial charge in [-0.25, -0.2) is 9.78 Å². The predicted molar refractivity (Wildman–Crippen MR) is 129 cm³/mol. The van der Waals surface area contributed by atoms with E-state index in [0.29, 0.717) is 36.7 Å². The highest BCUT2D eigenvalue weighted by molar-refractivity contribution is 6.15. The molecule has 0 bridgehead atoms. The summed E-state index contributed by atoms with van der Waals surface area (Å²) in [5, 5.41) is 0.936. The van der Waals surface area contributed by atoms with Crippen LogP contribution < -0.4 is 4.74 Å². The first-order valence-corrected chi connectivity index (χ1v) is 11.5. The number of ether oxygens (including phenoxy) is 2. The normalized spacial score (nSPS) is 17.8. The topological polar surface area (TPSA) is 87.8 Å². The first-order valence-electron chi connectivity index (χ1n) is 11.5. The van der Waals surface area contributed by atoms with E-state index in [2.05, 4.69) is 14.9 Å². The largest absolute Gasteiger partial charge is 0.452 e. The van der Waals surface area contributed by atoms with E-state index < -0.39 is 5.60 Å². The van der Waals surface area contributed by atoms with Crippen molar-refractivity contribution in [3.8, 4) is 5.75 Å². The summed E-state index contributed by atoms with van der Waals surface area (Å²) in [5.74, 6) is 0.804. The Morgan fingerprint density at radius 1 is 1.18 bits per heavy atom. The SMILES string of the molecule is CC(C)(C)OC(=O)N1CCN(Cc2cccc3c2OC(=Cc2c[nH]c4ncccc24)C3=O)CC1. The molecule has 176 valence electrons. The van der Waals surface area contributed by atoms with Gasteiger partial charge < -0.3 is 19.4 Å². The molecule has 0 saturated carbocycles. The van der Waals surface area contributed by atoms with Crippen molar-refractivity contribution < 1.29 is 19.1 Å². The molecule has 1 aromatic carbocycles. The summed E-state index contributed by atoms with van der Waals surface area (Å²) >= 11 is 0. The molecule has 1 fully saturated rings. The van der Waals surface area contributed by atoms with Crippen LogP contribution in [0.1, 0.15) is 42.3 Å². The zero-order chi connectivity index (χ0) is 23.9. The molecule has 2 aliphatic heterocycles. The van der Waals surface area contributed by atoms with Crippen LogP contribution in [0.3, 0.4) is 0 Å². The number of aromatic amines is 1. The summed E-state index contributed by atoms with van der Waals surface area (Å²) < 4.78 is 11.6. The Kier molecular flexibility index (Phi) is 5.61. The van der Waals surface area contributed by atoms with Gasteiger partial charge in [0, 0.05) is 61.6 Å². The molecule has 0 spiro atoms. The van der Waals surface area contributed by atoms with Gasteiger partial charge in [-0.1, -0.05) is 12.1 Å². The number of hydrogen-bond acceptors (Lipinski definition) is 6. The average Bonchev–Trinajstić information content (AvgIpc) is 3.35. The van der Waals surface area contributed by atoms with Gasteiger partial charge in [0.2, 0.25) is 5.78 Å². The van der Waals surface area contributed by atoms with E-state index in [9.17, 15) is 9.59 Å². The van der Waals surface area contributed by atoms with Crippen molar-refractivity contribution >= 4 is 29.0 Å². The number of Topliss-reactive ketones (excluding diaryl/α,β-unsaturated/α-hetero) is 1. The lowest BCUT2D eigenvalue weighted by molar-refractivity contribution is 0.0138. The Morgan fingerprint density at radius 3 is 2.74 bits per heavy atom. The zero-order valence-electron chi connectivity index (χ0n) is 19.6. The van der Waals surface area contributed by atoms with Crippen LogP contribution in [0.5, 0.6) is 5.75 Å². The fraction of sp³-hybridized carbons (Fsp3) is 0.346. The summed E-state index contributed by atoms with van der Waals surface area (Å²) in [7, 11) is 0. The minimum absolute atomic E-state index is 0.121. The van der Waals surface area contributed by atoms with E-state index >= 15 is 0 Å². The molecule has 1 saturated heterocycles. The Labute approximate surface area is 198 Å². The number of rotatable bonds is 3. The van der Waals surface area contributed by atoms with E-state index in [-0.39, 0.29) is 11.9 Å². The Hall–Kier alpha value is -3.65. The van der Waals surface area contributed by atoms with Crippen molar-refractivity contribution in [1.82, 2.24) is 19.8 Å². The minimum atomic E-state index is -0.503. The maximum atomic E-state index is 13.0. The second kappa shape index (κ2) is 8.61. The van der Waals surface area contributed by atoms with Gasteiger partial charge in [-0.2, -0.15) is 0 Å². The van der Waals surface area contributed by atoms with E-state index in [0.717, 1.165) is 35.2 Å². The van der Waals surface area contributed by atoms with E-state index in [1.165, 1.54) is 0 Å². The highest BCUT2D eigenvalue weighted by atomic mass is 16.6. The van der Waals surface area contributed by atoms with Crippen LogP contribution in [0.25, 0.3) is 17.1 Å². The molecule has 0 aliphatic carbocycles. The summed E-state index contributed by atoms with van der Waals surface area (Å²) in [6.07, 6.45) is 5.05. The number of para-hydroxylation sites is 1. The van der Waals surface area contributed by atoms with Crippen molar-refractivity contribution in [3.63, 3.8) is 0 Å². The smallest absolute Gasteiger partial charge is 0.410 e. The van der Waals surface area contributed by atoms with Crippen molar-refractivity contribution in [2.75, 3.05) is 26.2 Å². The number of aromatic nitrogens is 2. The summed E-state index contributed by atoms with van der Waals surface area (Å²) in [6, 6.07) is 9.51. The second-order valence-corrected chi connectivity index (χ2v) is 9.62. The van der Waals surface area contributed by atoms with Crippen molar-refractivity contribution in [3.05, 3.63) is 65.2 Å². The number of ketones is 1. The van der Waals surface area contributed by atoms with Gasteiger partial charge in [-0.15, -0.1) is 0 Å². The van der Waals surface area contributed by atoms with Gasteiger partial charge in [0.1, 0.15) is 17.0 Å². The molecule has 2 aromatic heterocycles. The number of hydrogen-bond donors (Lipinski definition) is 1. The number of nitrogens with one attached hydrogen (secondary N) is 1. The molecule has 2 aliphatic rings. The van der Waals surface area contributed by atoms with Gasteiger partial charge in [0.05, 0.1) is 5.56 Å². The van der Waals surface area contributed by atoms with Crippen LogP contribution in [-0.4, -0.2) is 63.4 Å². The fourth-order valence-electron chi connectivity index (χ4n) is 4.29. The van der Waals surface area contributed by atoms with Crippen LogP contribution in [0.2, 0.25) is 0 Å². The highest BCUT2D eigenvalue weighted by Gasteiger charge is 2.31. The lowest BCUT2D eigenvalue weighted by atomic mass is 10.1. The maximum absolute atomic E-state index is 13.0. The van der Waals surface area contributed by atoms with Crippen molar-refractivity contribution in [1.29, 1.82) is 0 Å². The minimum Gasteiger partial charge on any atom is -0.452 e. The first kappa shape index (κ1) is 22.2. The van der Waals surface area contributed by atoms with Gasteiger partial charge in [0.25, 0.3) is 0 Å². The highest BCUT2D eigenvalue weighted by Crippen LogP contribution is 2.36. The van der Waals surface area contributed by atoms with Crippen LogP contribution in [-0.2, 0) is 11.3 Å². The van der Waals surface area contributed by atoms with Gasteiger partial charge in [0.15, 0.2) is 5.76 Å². The molecule has 34 heavy (non-hydrogen) atoms. The number of benzene rings is 1. The van der Waals surface area contributed by atoms with E-state index in [1.54, 1.807) is 23.2 Å². The van der Waals surface area contributed by atoms with Gasteiger partial charge in [-0.05, 0) is 45.0 Å². The second-order valence-electron chi connectivity index (χ2n) is 9.62. The third-order valence-electron chi connectivity index (χ3n) is 5.96. The Balaban J connectivity index is 1.29. The molecule has 0 unspecified atom stereocenters. The van der Waals surface area contributed by atoms with E-state index in [1.807, 2.05) is 51.2 Å². The standard InChI is InChI=1S/C26H28N4O4/c1-26(2,3)34-25(32)30-12-10-29(11-13-30)16-17-6-4-7-20-22(31)21(33-23(17)20)14-18-15-28-24-19(18)8-5-9-27-24/h4-9,14-15H,10-13,16H2,1-3H3,(H,27,28). The lowest BCUT2D eigenvalue weighted by Gasteiger charge is -2.35. The lowest BCUT2D eigenvalue weighted by Crippen LogP contribution is -2.49. The van der Waals surface area contributed by atoms with Crippen molar-refractivity contribution in [2.24, 2.45) is 0 Å². The molecule has 1 amide bonds. The third kappa shape index (κ3) is 4.41. The fourth-order valence-corrected chi connectivity index (χ4v) is 4.29. The molecule has 5 rings (SSSR count). The molecule has 4 heterocycles.